The first-order valence-electron chi connectivity index (χ1n) is 9.05. The van der Waals surface area contributed by atoms with Crippen LogP contribution in [0.5, 0.6) is 5.88 Å². The lowest BCUT2D eigenvalue weighted by atomic mass is 10.0. The molecular formula is C21H23N3O4. The number of hydrogen-bond donors (Lipinski definition) is 1. The Bertz CT molecular complexity index is 1020. The van der Waals surface area contributed by atoms with Gasteiger partial charge in [-0.2, -0.15) is 5.26 Å². The highest BCUT2D eigenvalue weighted by Crippen LogP contribution is 2.25. The summed E-state index contributed by atoms with van der Waals surface area (Å²) in [6.45, 7) is 7.27. The molecule has 0 spiro atoms. The van der Waals surface area contributed by atoms with E-state index < -0.39 is 11.5 Å². The fourth-order valence-electron chi connectivity index (χ4n) is 2.75. The van der Waals surface area contributed by atoms with E-state index in [2.05, 4.69) is 4.99 Å². The molecule has 2 aromatic rings. The van der Waals surface area contributed by atoms with E-state index in [0.717, 1.165) is 0 Å². The van der Waals surface area contributed by atoms with Crippen molar-refractivity contribution in [2.24, 2.45) is 4.99 Å². The highest BCUT2D eigenvalue weighted by Gasteiger charge is 2.20. The first-order chi connectivity index (χ1) is 13.3. The zero-order chi connectivity index (χ0) is 20.8. The second-order valence-corrected chi connectivity index (χ2v) is 6.31. The number of aromatic nitrogens is 1. The molecule has 0 aliphatic carbocycles. The van der Waals surface area contributed by atoms with Gasteiger partial charge >= 0.3 is 5.97 Å². The Morgan fingerprint density at radius 1 is 1.43 bits per heavy atom. The Balaban J connectivity index is 2.55. The van der Waals surface area contributed by atoms with Crippen molar-refractivity contribution in [2.45, 2.75) is 40.2 Å². The molecule has 1 heterocycles. The first kappa shape index (κ1) is 20.9. The van der Waals surface area contributed by atoms with Gasteiger partial charge in [-0.1, -0.05) is 13.0 Å². The molecule has 1 N–H and O–H groups in total. The van der Waals surface area contributed by atoms with Gasteiger partial charge in [0.05, 0.1) is 23.4 Å². The van der Waals surface area contributed by atoms with Crippen LogP contribution in [0, 0.1) is 18.3 Å². The molecule has 7 heteroatoms. The topological polar surface area (TPSA) is 105 Å². The maximum atomic E-state index is 12.5. The highest BCUT2D eigenvalue weighted by molar-refractivity contribution is 5.91. The summed E-state index contributed by atoms with van der Waals surface area (Å²) < 4.78 is 6.19. The van der Waals surface area contributed by atoms with E-state index >= 15 is 0 Å². The van der Waals surface area contributed by atoms with Crippen molar-refractivity contribution in [1.29, 1.82) is 5.26 Å². The van der Waals surface area contributed by atoms with Gasteiger partial charge in [0.25, 0.3) is 5.56 Å². The van der Waals surface area contributed by atoms with Crippen LogP contribution in [0.3, 0.4) is 0 Å². The van der Waals surface area contributed by atoms with Crippen LogP contribution in [0.4, 0.5) is 5.69 Å². The van der Waals surface area contributed by atoms with Crippen molar-refractivity contribution >= 4 is 17.9 Å². The standard InChI is InChI=1S/C21H23N3O4/c1-5-13(3)24-19(25)17(11-22)14(4)18(20(24)26)12-23-16-9-7-8-15(10-16)21(27)28-6-2/h7-10,12-13,26H,5-6H2,1-4H3/t13-/m0/s1. The maximum absolute atomic E-state index is 12.5. The Labute approximate surface area is 163 Å². The minimum atomic E-state index is -0.520. The molecule has 146 valence electrons. The van der Waals surface area contributed by atoms with Crippen molar-refractivity contribution in [1.82, 2.24) is 4.57 Å². The van der Waals surface area contributed by atoms with E-state index in [-0.39, 0.29) is 29.7 Å². The molecule has 0 amide bonds. The fourth-order valence-corrected chi connectivity index (χ4v) is 2.75. The SMILES string of the molecule is CCOC(=O)c1cccc(N=Cc2c(C)c(C#N)c(=O)n([C@@H](C)CC)c2O)c1. The molecule has 0 saturated carbocycles. The Morgan fingerprint density at radius 3 is 2.75 bits per heavy atom. The minimum absolute atomic E-state index is 0.0279. The van der Waals surface area contributed by atoms with Gasteiger partial charge in [-0.05, 0) is 51.0 Å². The zero-order valence-electron chi connectivity index (χ0n) is 16.4. The van der Waals surface area contributed by atoms with Crippen molar-refractivity contribution in [3.05, 3.63) is 56.9 Å². The molecule has 7 nitrogen and oxygen atoms in total. The molecule has 0 unspecified atom stereocenters. The molecule has 0 saturated heterocycles. The molecule has 0 aliphatic heterocycles. The predicted octanol–water partition coefficient (Wildman–Crippen LogP) is 3.63. The number of rotatable bonds is 6. The number of hydrogen-bond acceptors (Lipinski definition) is 6. The van der Waals surface area contributed by atoms with Gasteiger partial charge in [-0.25, -0.2) is 4.79 Å². The van der Waals surface area contributed by atoms with Crippen LogP contribution < -0.4 is 5.56 Å². The third-order valence-electron chi connectivity index (χ3n) is 4.52. The van der Waals surface area contributed by atoms with E-state index in [4.69, 9.17) is 4.74 Å². The summed E-state index contributed by atoms with van der Waals surface area (Å²) in [5.41, 5.74) is 0.935. The predicted molar refractivity (Wildman–Crippen MR) is 106 cm³/mol. The number of carbonyl (C=O) groups is 1. The molecule has 2 rings (SSSR count). The highest BCUT2D eigenvalue weighted by atomic mass is 16.5. The molecule has 0 fully saturated rings. The smallest absolute Gasteiger partial charge is 0.338 e. The molecule has 28 heavy (non-hydrogen) atoms. The van der Waals surface area contributed by atoms with E-state index in [1.54, 1.807) is 45.0 Å². The molecule has 0 bridgehead atoms. The summed E-state index contributed by atoms with van der Waals surface area (Å²) in [5, 5.41) is 20.0. The van der Waals surface area contributed by atoms with Gasteiger partial charge in [-0.3, -0.25) is 14.4 Å². The Kier molecular flexibility index (Phi) is 6.72. The van der Waals surface area contributed by atoms with E-state index in [1.165, 1.54) is 10.8 Å². The van der Waals surface area contributed by atoms with Crippen LogP contribution in [0.2, 0.25) is 0 Å². The first-order valence-corrected chi connectivity index (χ1v) is 9.05. The van der Waals surface area contributed by atoms with E-state index in [1.807, 2.05) is 13.0 Å². The average Bonchev–Trinajstić information content (AvgIpc) is 2.68. The molecular weight excluding hydrogens is 358 g/mol. The van der Waals surface area contributed by atoms with Gasteiger partial charge in [0, 0.05) is 12.3 Å². The van der Waals surface area contributed by atoms with Crippen molar-refractivity contribution in [2.75, 3.05) is 6.61 Å². The van der Waals surface area contributed by atoms with Crippen LogP contribution in [-0.2, 0) is 4.74 Å². The van der Waals surface area contributed by atoms with Gasteiger partial charge in [0.2, 0.25) is 5.88 Å². The lowest BCUT2D eigenvalue weighted by molar-refractivity contribution is 0.0526. The van der Waals surface area contributed by atoms with E-state index in [9.17, 15) is 20.0 Å². The summed E-state index contributed by atoms with van der Waals surface area (Å²) in [5.74, 6) is -0.684. The molecule has 0 radical (unpaired) electrons. The van der Waals surface area contributed by atoms with Crippen LogP contribution in [0.1, 0.15) is 60.3 Å². The Morgan fingerprint density at radius 2 is 2.14 bits per heavy atom. The van der Waals surface area contributed by atoms with Crippen LogP contribution in [-0.4, -0.2) is 28.5 Å². The monoisotopic (exact) mass is 381 g/mol. The maximum Gasteiger partial charge on any atom is 0.338 e. The number of pyridine rings is 1. The third kappa shape index (κ3) is 4.12. The summed E-state index contributed by atoms with van der Waals surface area (Å²) >= 11 is 0. The molecule has 0 aliphatic rings. The zero-order valence-corrected chi connectivity index (χ0v) is 16.4. The van der Waals surface area contributed by atoms with Crippen molar-refractivity contribution in [3.63, 3.8) is 0 Å². The number of carbonyl (C=O) groups excluding carboxylic acids is 1. The second kappa shape index (κ2) is 9.00. The quantitative estimate of drug-likeness (QED) is 0.608. The summed E-state index contributed by atoms with van der Waals surface area (Å²) in [6, 6.07) is 8.20. The van der Waals surface area contributed by atoms with Crippen LogP contribution in [0.25, 0.3) is 0 Å². The number of benzene rings is 1. The van der Waals surface area contributed by atoms with E-state index in [0.29, 0.717) is 23.2 Å². The normalized spacial score (nSPS) is 12.0. The van der Waals surface area contributed by atoms with Crippen LogP contribution in [0.15, 0.2) is 34.1 Å². The molecule has 1 aromatic heterocycles. The molecule has 1 atom stereocenters. The number of nitrogens with zero attached hydrogens (tertiary/aromatic N) is 3. The number of aromatic hydroxyl groups is 1. The fraction of sp³-hybridized carbons (Fsp3) is 0.333. The Hall–Kier alpha value is -3.40. The average molecular weight is 381 g/mol. The number of ether oxygens (including phenoxy) is 1. The second-order valence-electron chi connectivity index (χ2n) is 6.31. The number of nitriles is 1. The lowest BCUT2D eigenvalue weighted by Crippen LogP contribution is -2.27. The summed E-state index contributed by atoms with van der Waals surface area (Å²) in [6.07, 6.45) is 2.01. The third-order valence-corrected chi connectivity index (χ3v) is 4.52. The van der Waals surface area contributed by atoms with Crippen LogP contribution >= 0.6 is 0 Å². The summed E-state index contributed by atoms with van der Waals surface area (Å²) in [4.78, 5) is 28.7. The minimum Gasteiger partial charge on any atom is -0.494 e. The van der Waals surface area contributed by atoms with Gasteiger partial charge in [0.15, 0.2) is 0 Å². The molecule has 1 aromatic carbocycles. The number of aliphatic imine (C=N–C) groups is 1. The van der Waals surface area contributed by atoms with Gasteiger partial charge < -0.3 is 9.84 Å². The van der Waals surface area contributed by atoms with Crippen molar-refractivity contribution in [3.8, 4) is 11.9 Å². The van der Waals surface area contributed by atoms with Gasteiger partial charge in [0.1, 0.15) is 11.6 Å². The lowest BCUT2D eigenvalue weighted by Gasteiger charge is -2.18. The largest absolute Gasteiger partial charge is 0.494 e. The number of esters is 1. The van der Waals surface area contributed by atoms with Crippen molar-refractivity contribution < 1.29 is 14.6 Å². The van der Waals surface area contributed by atoms with Gasteiger partial charge in [-0.15, -0.1) is 0 Å². The summed E-state index contributed by atoms with van der Waals surface area (Å²) in [7, 11) is 0.